The third kappa shape index (κ3) is 3.45. The molecule has 102 valence electrons. The van der Waals surface area contributed by atoms with Crippen molar-refractivity contribution in [3.05, 3.63) is 5.89 Å². The third-order valence-electron chi connectivity index (χ3n) is 3.92. The van der Waals surface area contributed by atoms with Gasteiger partial charge in [0.1, 0.15) is 0 Å². The van der Waals surface area contributed by atoms with Crippen LogP contribution in [0.5, 0.6) is 0 Å². The van der Waals surface area contributed by atoms with Gasteiger partial charge in [-0.2, -0.15) is 0 Å². The second-order valence-electron chi connectivity index (χ2n) is 5.39. The van der Waals surface area contributed by atoms with E-state index >= 15 is 0 Å². The molecule has 5 heteroatoms. The molecular weight excluding hydrogens is 228 g/mol. The van der Waals surface area contributed by atoms with Gasteiger partial charge in [-0.3, -0.25) is 0 Å². The molecule has 0 amide bonds. The fourth-order valence-electron chi connectivity index (χ4n) is 2.47. The quantitative estimate of drug-likeness (QED) is 0.842. The fourth-order valence-corrected chi connectivity index (χ4v) is 2.47. The van der Waals surface area contributed by atoms with Crippen LogP contribution in [0.4, 0.5) is 6.01 Å². The van der Waals surface area contributed by atoms with Gasteiger partial charge < -0.3 is 15.1 Å². The maximum Gasteiger partial charge on any atom is 0.315 e. The Bertz CT molecular complexity index is 366. The highest BCUT2D eigenvalue weighted by atomic mass is 16.4. The highest BCUT2D eigenvalue weighted by molar-refractivity contribution is 5.19. The van der Waals surface area contributed by atoms with E-state index in [1.54, 1.807) is 0 Å². The van der Waals surface area contributed by atoms with Gasteiger partial charge in [-0.05, 0) is 37.6 Å². The summed E-state index contributed by atoms with van der Waals surface area (Å²) in [4.78, 5) is 0. The predicted octanol–water partition coefficient (Wildman–Crippen LogP) is 2.42. The number of nitrogens with zero attached hydrogens (tertiary/aromatic N) is 2. The van der Waals surface area contributed by atoms with E-state index in [0.29, 0.717) is 24.5 Å². The van der Waals surface area contributed by atoms with Crippen molar-refractivity contribution < 1.29 is 4.42 Å². The summed E-state index contributed by atoms with van der Waals surface area (Å²) in [5.41, 5.74) is 0. The van der Waals surface area contributed by atoms with Crippen molar-refractivity contribution in [2.24, 2.45) is 11.8 Å². The molecule has 0 saturated heterocycles. The molecule has 3 atom stereocenters. The minimum atomic E-state index is 0.476. The van der Waals surface area contributed by atoms with E-state index in [0.717, 1.165) is 18.4 Å². The van der Waals surface area contributed by atoms with Gasteiger partial charge in [-0.25, -0.2) is 0 Å². The second kappa shape index (κ2) is 6.18. The molecule has 1 aliphatic carbocycles. The van der Waals surface area contributed by atoms with Crippen LogP contribution in [0, 0.1) is 11.8 Å². The molecule has 18 heavy (non-hydrogen) atoms. The van der Waals surface area contributed by atoms with Crippen molar-refractivity contribution >= 4 is 6.01 Å². The Kier molecular flexibility index (Phi) is 4.58. The lowest BCUT2D eigenvalue weighted by atomic mass is 9.79. The molecular formula is C13H24N4O. The lowest BCUT2D eigenvalue weighted by Crippen LogP contribution is -2.30. The van der Waals surface area contributed by atoms with E-state index in [1.165, 1.54) is 19.3 Å². The summed E-state index contributed by atoms with van der Waals surface area (Å²) in [6, 6.07) is 1.04. The highest BCUT2D eigenvalue weighted by Crippen LogP contribution is 2.30. The molecule has 0 spiro atoms. The predicted molar refractivity (Wildman–Crippen MR) is 71.3 cm³/mol. The number of hydrogen-bond donors (Lipinski definition) is 2. The Labute approximate surface area is 109 Å². The number of anilines is 1. The smallest absolute Gasteiger partial charge is 0.315 e. The maximum absolute atomic E-state index is 5.55. The number of hydrogen-bond acceptors (Lipinski definition) is 5. The van der Waals surface area contributed by atoms with E-state index in [2.05, 4.69) is 41.6 Å². The van der Waals surface area contributed by atoms with Crippen LogP contribution in [0.1, 0.15) is 45.9 Å². The molecule has 1 fully saturated rings. The van der Waals surface area contributed by atoms with E-state index < -0.39 is 0 Å². The first-order valence-electron chi connectivity index (χ1n) is 6.98. The second-order valence-corrected chi connectivity index (χ2v) is 5.39. The van der Waals surface area contributed by atoms with Crippen LogP contribution in [0.25, 0.3) is 0 Å². The van der Waals surface area contributed by atoms with E-state index in [4.69, 9.17) is 4.42 Å². The molecule has 2 rings (SSSR count). The summed E-state index contributed by atoms with van der Waals surface area (Å²) < 4.78 is 5.55. The molecule has 2 N–H and O–H groups in total. The van der Waals surface area contributed by atoms with E-state index in [1.807, 2.05) is 0 Å². The molecule has 1 aliphatic rings. The summed E-state index contributed by atoms with van der Waals surface area (Å²) >= 11 is 0. The minimum absolute atomic E-state index is 0.476. The average molecular weight is 252 g/mol. The topological polar surface area (TPSA) is 63.0 Å². The lowest BCUT2D eigenvalue weighted by Gasteiger charge is -2.31. The van der Waals surface area contributed by atoms with Crippen LogP contribution in [0.2, 0.25) is 0 Å². The molecule has 1 heterocycles. The van der Waals surface area contributed by atoms with Crippen LogP contribution in [0.3, 0.4) is 0 Å². The zero-order valence-corrected chi connectivity index (χ0v) is 11.6. The van der Waals surface area contributed by atoms with Gasteiger partial charge in [0, 0.05) is 6.04 Å². The van der Waals surface area contributed by atoms with Gasteiger partial charge in [0.2, 0.25) is 5.89 Å². The van der Waals surface area contributed by atoms with Crippen LogP contribution in [-0.4, -0.2) is 22.8 Å². The van der Waals surface area contributed by atoms with Crippen molar-refractivity contribution in [2.45, 2.75) is 52.6 Å². The Morgan fingerprint density at radius 1 is 1.22 bits per heavy atom. The standard InChI is InChI=1S/C13H24N4O/c1-4-14-8-12-16-17-13(18-12)15-11-6-5-9(2)10(3)7-11/h9-11,14H,4-8H2,1-3H3,(H,15,17). The van der Waals surface area contributed by atoms with E-state index in [-0.39, 0.29) is 0 Å². The Morgan fingerprint density at radius 2 is 2.06 bits per heavy atom. The summed E-state index contributed by atoms with van der Waals surface area (Å²) in [7, 11) is 0. The zero-order chi connectivity index (χ0) is 13.0. The van der Waals surface area contributed by atoms with Gasteiger partial charge in [-0.1, -0.05) is 25.9 Å². The Balaban J connectivity index is 1.84. The highest BCUT2D eigenvalue weighted by Gasteiger charge is 2.25. The largest absolute Gasteiger partial charge is 0.407 e. The molecule has 0 aliphatic heterocycles. The molecule has 1 aromatic heterocycles. The van der Waals surface area contributed by atoms with Crippen molar-refractivity contribution in [2.75, 3.05) is 11.9 Å². The van der Waals surface area contributed by atoms with E-state index in [9.17, 15) is 0 Å². The molecule has 3 unspecified atom stereocenters. The lowest BCUT2D eigenvalue weighted by molar-refractivity contribution is 0.258. The monoisotopic (exact) mass is 252 g/mol. The van der Waals surface area contributed by atoms with Crippen molar-refractivity contribution in [1.82, 2.24) is 15.5 Å². The van der Waals surface area contributed by atoms with Crippen LogP contribution >= 0.6 is 0 Å². The molecule has 0 bridgehead atoms. The van der Waals surface area contributed by atoms with Gasteiger partial charge in [0.15, 0.2) is 0 Å². The van der Waals surface area contributed by atoms with Crippen LogP contribution in [0.15, 0.2) is 4.42 Å². The summed E-state index contributed by atoms with van der Waals surface area (Å²) in [5.74, 6) is 2.24. The van der Waals surface area contributed by atoms with Gasteiger partial charge >= 0.3 is 6.01 Å². The summed E-state index contributed by atoms with van der Waals surface area (Å²) in [6.45, 7) is 8.26. The first kappa shape index (κ1) is 13.3. The molecule has 1 saturated carbocycles. The van der Waals surface area contributed by atoms with Crippen LogP contribution in [-0.2, 0) is 6.54 Å². The maximum atomic E-state index is 5.55. The minimum Gasteiger partial charge on any atom is -0.407 e. The first-order valence-corrected chi connectivity index (χ1v) is 6.98. The van der Waals surface area contributed by atoms with Crippen LogP contribution < -0.4 is 10.6 Å². The average Bonchev–Trinajstić information content (AvgIpc) is 2.79. The third-order valence-corrected chi connectivity index (χ3v) is 3.92. The summed E-state index contributed by atoms with van der Waals surface area (Å²) in [6.07, 6.45) is 3.65. The molecule has 5 nitrogen and oxygen atoms in total. The zero-order valence-electron chi connectivity index (χ0n) is 11.6. The van der Waals surface area contributed by atoms with Crippen molar-refractivity contribution in [3.8, 4) is 0 Å². The van der Waals surface area contributed by atoms with Gasteiger partial charge in [0.25, 0.3) is 0 Å². The Morgan fingerprint density at radius 3 is 2.78 bits per heavy atom. The van der Waals surface area contributed by atoms with Crippen molar-refractivity contribution in [3.63, 3.8) is 0 Å². The van der Waals surface area contributed by atoms with Crippen molar-refractivity contribution in [1.29, 1.82) is 0 Å². The number of aromatic nitrogens is 2. The molecule has 1 aromatic rings. The SMILES string of the molecule is CCNCc1nnc(NC2CCC(C)C(C)C2)o1. The van der Waals surface area contributed by atoms with Gasteiger partial charge in [0.05, 0.1) is 6.54 Å². The molecule has 0 aromatic carbocycles. The Hall–Kier alpha value is -1.10. The normalized spacial score (nSPS) is 28.3. The number of nitrogens with one attached hydrogen (secondary N) is 2. The van der Waals surface area contributed by atoms with Gasteiger partial charge in [-0.15, -0.1) is 5.10 Å². The first-order chi connectivity index (χ1) is 8.69. The fraction of sp³-hybridized carbons (Fsp3) is 0.846. The molecule has 0 radical (unpaired) electrons. The summed E-state index contributed by atoms with van der Waals surface area (Å²) in [5, 5.41) is 14.6. The number of rotatable bonds is 5.